The van der Waals surface area contributed by atoms with Gasteiger partial charge in [0.05, 0.1) is 5.69 Å². The second kappa shape index (κ2) is 10.1. The zero-order valence-corrected chi connectivity index (χ0v) is 11.3. The minimum Gasteiger partial charge on any atom is -0.314 e. The first-order valence-corrected chi connectivity index (χ1v) is 4.63. The van der Waals surface area contributed by atoms with Gasteiger partial charge >= 0.3 is 0 Å². The molecule has 1 N–H and O–H groups in total. The van der Waals surface area contributed by atoms with Crippen LogP contribution in [0.4, 0.5) is 0 Å². The van der Waals surface area contributed by atoms with E-state index in [1.165, 1.54) is 0 Å². The molecule has 0 radical (unpaired) electrons. The third-order valence-electron chi connectivity index (χ3n) is 2.21. The number of nitrogens with one attached hydrogen (secondary N) is 1. The maximum Gasteiger partial charge on any atom is 0.0726 e. The molecule has 2 rings (SSSR count). The van der Waals surface area contributed by atoms with Crippen LogP contribution in [0.15, 0.2) is 18.6 Å². The lowest BCUT2D eigenvalue weighted by molar-refractivity contribution is 0.230. The number of hydrogen-bond acceptors (Lipinski definition) is 4. The highest BCUT2D eigenvalue weighted by Crippen LogP contribution is 2.00. The average molecular weight is 288 g/mol. The first-order valence-electron chi connectivity index (χ1n) is 4.63. The smallest absolute Gasteiger partial charge is 0.0726 e. The van der Waals surface area contributed by atoms with Crippen LogP contribution in [0.5, 0.6) is 0 Å². The molecule has 1 saturated heterocycles. The van der Waals surface area contributed by atoms with E-state index >= 15 is 0 Å². The van der Waals surface area contributed by atoms with Crippen molar-refractivity contribution in [3.8, 4) is 0 Å². The maximum atomic E-state index is 4.25. The first kappa shape index (κ1) is 18.2. The van der Waals surface area contributed by atoms with E-state index < -0.39 is 0 Å². The zero-order chi connectivity index (χ0) is 8.93. The molecule has 1 fully saturated rings. The molecule has 2 heterocycles. The molecule has 0 aliphatic carbocycles. The topological polar surface area (TPSA) is 41.1 Å². The van der Waals surface area contributed by atoms with Crippen LogP contribution in [0, 0.1) is 0 Å². The van der Waals surface area contributed by atoms with E-state index in [2.05, 4.69) is 20.2 Å². The lowest BCUT2D eigenvalue weighted by Crippen LogP contribution is -2.43. The molecule has 1 aromatic rings. The van der Waals surface area contributed by atoms with Gasteiger partial charge in [-0.25, -0.2) is 0 Å². The molecule has 0 amide bonds. The normalized spacial score (nSPS) is 15.2. The van der Waals surface area contributed by atoms with Crippen LogP contribution in [0.3, 0.4) is 0 Å². The molecular formula is C9H17Cl3N4. The summed E-state index contributed by atoms with van der Waals surface area (Å²) >= 11 is 0. The number of hydrogen-bond donors (Lipinski definition) is 1. The van der Waals surface area contributed by atoms with E-state index in [1.54, 1.807) is 12.4 Å². The quantitative estimate of drug-likeness (QED) is 0.886. The Morgan fingerprint density at radius 1 is 1.12 bits per heavy atom. The van der Waals surface area contributed by atoms with Gasteiger partial charge in [-0.1, -0.05) is 0 Å². The van der Waals surface area contributed by atoms with Crippen molar-refractivity contribution in [2.24, 2.45) is 0 Å². The van der Waals surface area contributed by atoms with Crippen LogP contribution < -0.4 is 5.32 Å². The summed E-state index contributed by atoms with van der Waals surface area (Å²) in [5.41, 5.74) is 1.06. The van der Waals surface area contributed by atoms with E-state index in [9.17, 15) is 0 Å². The minimum atomic E-state index is 0. The second-order valence-corrected chi connectivity index (χ2v) is 3.22. The Morgan fingerprint density at radius 2 is 1.81 bits per heavy atom. The van der Waals surface area contributed by atoms with Crippen molar-refractivity contribution >= 4 is 37.2 Å². The highest BCUT2D eigenvalue weighted by molar-refractivity contribution is 5.86. The van der Waals surface area contributed by atoms with E-state index in [-0.39, 0.29) is 37.2 Å². The van der Waals surface area contributed by atoms with E-state index in [0.717, 1.165) is 38.4 Å². The summed E-state index contributed by atoms with van der Waals surface area (Å²) < 4.78 is 0. The third kappa shape index (κ3) is 5.82. The SMILES string of the molecule is Cl.Cl.Cl.c1cnc(CN2CCNCC2)cn1. The largest absolute Gasteiger partial charge is 0.314 e. The second-order valence-electron chi connectivity index (χ2n) is 3.22. The van der Waals surface area contributed by atoms with E-state index in [0.29, 0.717) is 0 Å². The van der Waals surface area contributed by atoms with Crippen molar-refractivity contribution in [1.82, 2.24) is 20.2 Å². The van der Waals surface area contributed by atoms with Gasteiger partial charge < -0.3 is 5.32 Å². The van der Waals surface area contributed by atoms with Gasteiger partial charge in [-0.3, -0.25) is 14.9 Å². The van der Waals surface area contributed by atoms with Gasteiger partial charge in [0.2, 0.25) is 0 Å². The molecule has 94 valence electrons. The fraction of sp³-hybridized carbons (Fsp3) is 0.556. The number of piperazine rings is 1. The first-order chi connectivity index (χ1) is 6.45. The summed E-state index contributed by atoms with van der Waals surface area (Å²) in [5, 5.41) is 3.32. The molecule has 0 bridgehead atoms. The Bertz CT molecular complexity index is 254. The van der Waals surface area contributed by atoms with Crippen molar-refractivity contribution < 1.29 is 0 Å². The average Bonchev–Trinajstić information content (AvgIpc) is 2.21. The van der Waals surface area contributed by atoms with Crippen LogP contribution in [-0.2, 0) is 6.54 Å². The van der Waals surface area contributed by atoms with Crippen molar-refractivity contribution in [1.29, 1.82) is 0 Å². The number of aromatic nitrogens is 2. The van der Waals surface area contributed by atoms with Gasteiger partial charge in [0.1, 0.15) is 0 Å². The highest BCUT2D eigenvalue weighted by atomic mass is 35.5. The molecule has 1 aromatic heterocycles. The number of halogens is 3. The van der Waals surface area contributed by atoms with E-state index in [4.69, 9.17) is 0 Å². The third-order valence-corrected chi connectivity index (χ3v) is 2.21. The molecule has 1 aliphatic rings. The molecule has 4 nitrogen and oxygen atoms in total. The Balaban J connectivity index is 0. The van der Waals surface area contributed by atoms with Crippen molar-refractivity contribution in [2.75, 3.05) is 26.2 Å². The Kier molecular flexibility index (Phi) is 11.5. The standard InChI is InChI=1S/C9H14N4.3ClH/c1-2-12-9(7-11-1)8-13-5-3-10-4-6-13;;;/h1-2,7,10H,3-6,8H2;3*1H. The number of rotatable bonds is 2. The molecule has 0 unspecified atom stereocenters. The maximum absolute atomic E-state index is 4.25. The molecule has 1 aliphatic heterocycles. The van der Waals surface area contributed by atoms with Crippen molar-refractivity contribution in [3.05, 3.63) is 24.3 Å². The monoisotopic (exact) mass is 286 g/mol. The van der Waals surface area contributed by atoms with Crippen LogP contribution in [0.1, 0.15) is 5.69 Å². The van der Waals surface area contributed by atoms with Gasteiger partial charge in [0, 0.05) is 51.3 Å². The Labute approximate surface area is 114 Å². The predicted molar refractivity (Wildman–Crippen MR) is 71.9 cm³/mol. The van der Waals surface area contributed by atoms with Gasteiger partial charge in [0.25, 0.3) is 0 Å². The van der Waals surface area contributed by atoms with Crippen LogP contribution >= 0.6 is 37.2 Å². The summed E-state index contributed by atoms with van der Waals surface area (Å²) in [4.78, 5) is 10.7. The summed E-state index contributed by atoms with van der Waals surface area (Å²) in [6.07, 6.45) is 5.29. The molecule has 0 aromatic carbocycles. The summed E-state index contributed by atoms with van der Waals surface area (Å²) in [5.74, 6) is 0. The van der Waals surface area contributed by atoms with Crippen LogP contribution in [-0.4, -0.2) is 41.0 Å². The molecule has 0 atom stereocenters. The van der Waals surface area contributed by atoms with E-state index in [1.807, 2.05) is 6.20 Å². The number of nitrogens with zero attached hydrogens (tertiary/aromatic N) is 3. The molecule has 16 heavy (non-hydrogen) atoms. The lowest BCUT2D eigenvalue weighted by atomic mass is 10.3. The highest BCUT2D eigenvalue weighted by Gasteiger charge is 2.09. The Morgan fingerprint density at radius 3 is 2.38 bits per heavy atom. The van der Waals surface area contributed by atoms with Crippen molar-refractivity contribution in [3.63, 3.8) is 0 Å². The molecular weight excluding hydrogens is 270 g/mol. The van der Waals surface area contributed by atoms with Gasteiger partial charge in [-0.05, 0) is 0 Å². The predicted octanol–water partition coefficient (Wildman–Crippen LogP) is 1.15. The molecule has 7 heteroatoms. The zero-order valence-electron chi connectivity index (χ0n) is 8.83. The molecule has 0 spiro atoms. The van der Waals surface area contributed by atoms with Crippen LogP contribution in [0.2, 0.25) is 0 Å². The van der Waals surface area contributed by atoms with Crippen molar-refractivity contribution in [2.45, 2.75) is 6.54 Å². The summed E-state index contributed by atoms with van der Waals surface area (Å²) in [6, 6.07) is 0. The van der Waals surface area contributed by atoms with Gasteiger partial charge in [-0.2, -0.15) is 0 Å². The lowest BCUT2D eigenvalue weighted by Gasteiger charge is -2.26. The fourth-order valence-corrected chi connectivity index (χ4v) is 1.51. The van der Waals surface area contributed by atoms with Gasteiger partial charge in [0.15, 0.2) is 0 Å². The summed E-state index contributed by atoms with van der Waals surface area (Å²) in [7, 11) is 0. The van der Waals surface area contributed by atoms with Gasteiger partial charge in [-0.15, -0.1) is 37.2 Å². The summed E-state index contributed by atoms with van der Waals surface area (Å²) in [6.45, 7) is 5.31. The minimum absolute atomic E-state index is 0. The molecule has 0 saturated carbocycles. The van der Waals surface area contributed by atoms with Crippen LogP contribution in [0.25, 0.3) is 0 Å². The Hall–Kier alpha value is -0.130. The fourth-order valence-electron chi connectivity index (χ4n) is 1.51.